The zero-order chi connectivity index (χ0) is 16.4. The van der Waals surface area contributed by atoms with Crippen LogP contribution in [0.2, 0.25) is 0 Å². The number of aryl methyl sites for hydroxylation is 1. The topological polar surface area (TPSA) is 58.3 Å². The highest BCUT2D eigenvalue weighted by Crippen LogP contribution is 2.37. The van der Waals surface area contributed by atoms with E-state index in [1.807, 2.05) is 18.5 Å². The van der Waals surface area contributed by atoms with Crippen molar-refractivity contribution in [1.29, 1.82) is 0 Å². The van der Waals surface area contributed by atoms with Gasteiger partial charge in [0, 0.05) is 26.2 Å². The first kappa shape index (κ1) is 16.3. The Balaban J connectivity index is 1.72. The van der Waals surface area contributed by atoms with Crippen LogP contribution in [-0.4, -0.2) is 44.8 Å². The van der Waals surface area contributed by atoms with Crippen LogP contribution in [0.25, 0.3) is 0 Å². The Labute approximate surface area is 139 Å². The molecule has 6 heteroatoms. The molecule has 0 atom stereocenters. The van der Waals surface area contributed by atoms with Crippen LogP contribution >= 0.6 is 0 Å². The van der Waals surface area contributed by atoms with Gasteiger partial charge in [-0.25, -0.2) is 4.99 Å². The lowest BCUT2D eigenvalue weighted by molar-refractivity contribution is 0.276. The summed E-state index contributed by atoms with van der Waals surface area (Å²) in [6.07, 6.45) is 6.30. The van der Waals surface area contributed by atoms with Crippen molar-refractivity contribution in [3.8, 4) is 0 Å². The molecule has 0 amide bonds. The average Bonchev–Trinajstić information content (AvgIpc) is 3.19. The van der Waals surface area contributed by atoms with Crippen molar-refractivity contribution in [3.05, 3.63) is 11.6 Å². The Hall–Kier alpha value is -1.59. The van der Waals surface area contributed by atoms with Crippen molar-refractivity contribution in [2.24, 2.45) is 17.5 Å². The molecule has 1 aromatic rings. The van der Waals surface area contributed by atoms with Gasteiger partial charge in [-0.15, -0.1) is 10.2 Å². The minimum atomic E-state index is 0.466. The van der Waals surface area contributed by atoms with Gasteiger partial charge in [-0.3, -0.25) is 0 Å². The summed E-state index contributed by atoms with van der Waals surface area (Å²) < 4.78 is 2.02. The van der Waals surface area contributed by atoms with Crippen molar-refractivity contribution in [2.45, 2.75) is 65.5 Å². The molecule has 0 spiro atoms. The number of nitrogens with one attached hydrogen (secondary N) is 1. The van der Waals surface area contributed by atoms with E-state index in [-0.39, 0.29) is 0 Å². The maximum Gasteiger partial charge on any atom is 0.194 e. The van der Waals surface area contributed by atoms with E-state index in [2.05, 4.69) is 34.3 Å². The Morgan fingerprint density at radius 2 is 2.04 bits per heavy atom. The van der Waals surface area contributed by atoms with Gasteiger partial charge < -0.3 is 14.8 Å². The zero-order valence-electron chi connectivity index (χ0n) is 15.0. The van der Waals surface area contributed by atoms with Gasteiger partial charge in [0.1, 0.15) is 12.4 Å². The molecule has 23 heavy (non-hydrogen) atoms. The van der Waals surface area contributed by atoms with Crippen LogP contribution in [0.15, 0.2) is 4.99 Å². The number of aromatic nitrogens is 3. The lowest BCUT2D eigenvalue weighted by Crippen LogP contribution is -2.42. The van der Waals surface area contributed by atoms with E-state index in [1.165, 1.54) is 32.1 Å². The first-order valence-electron chi connectivity index (χ1n) is 8.97. The van der Waals surface area contributed by atoms with Gasteiger partial charge in [-0.1, -0.05) is 13.8 Å². The van der Waals surface area contributed by atoms with E-state index in [1.54, 1.807) is 0 Å². The van der Waals surface area contributed by atoms with Gasteiger partial charge in [0.2, 0.25) is 0 Å². The second kappa shape index (κ2) is 6.49. The van der Waals surface area contributed by atoms with E-state index < -0.39 is 0 Å². The molecule has 3 rings (SSSR count). The third-order valence-corrected chi connectivity index (χ3v) is 5.70. The highest BCUT2D eigenvalue weighted by molar-refractivity contribution is 5.81. The van der Waals surface area contributed by atoms with E-state index in [0.717, 1.165) is 30.7 Å². The minimum absolute atomic E-state index is 0.466. The van der Waals surface area contributed by atoms with E-state index >= 15 is 0 Å². The minimum Gasteiger partial charge on any atom is -0.353 e. The SMILES string of the molecule is CCC1(CC)CCN(C(=NCc2nnc(C)n2C)NC2CC2)C1. The summed E-state index contributed by atoms with van der Waals surface area (Å²) in [4.78, 5) is 7.33. The molecule has 2 fully saturated rings. The molecule has 1 N–H and O–H groups in total. The molecule has 2 aliphatic rings. The number of rotatable bonds is 5. The summed E-state index contributed by atoms with van der Waals surface area (Å²) in [7, 11) is 2.00. The van der Waals surface area contributed by atoms with Crippen LogP contribution in [0.3, 0.4) is 0 Å². The van der Waals surface area contributed by atoms with Gasteiger partial charge in [0.05, 0.1) is 0 Å². The molecule has 0 unspecified atom stereocenters. The standard InChI is InChI=1S/C17H30N6/c1-5-17(6-2)9-10-23(12-17)16(19-14-7-8-14)18-11-15-21-20-13(3)22(15)4/h14H,5-12H2,1-4H3,(H,18,19). The number of likely N-dealkylation sites (tertiary alicyclic amines) is 1. The maximum atomic E-state index is 4.87. The molecule has 1 saturated heterocycles. The highest BCUT2D eigenvalue weighted by atomic mass is 15.3. The lowest BCUT2D eigenvalue weighted by Gasteiger charge is -2.28. The van der Waals surface area contributed by atoms with Gasteiger partial charge >= 0.3 is 0 Å². The van der Waals surface area contributed by atoms with Crippen LogP contribution in [0.5, 0.6) is 0 Å². The molecular weight excluding hydrogens is 288 g/mol. The fraction of sp³-hybridized carbons (Fsp3) is 0.824. The molecule has 1 saturated carbocycles. The quantitative estimate of drug-likeness (QED) is 0.668. The third kappa shape index (κ3) is 3.51. The van der Waals surface area contributed by atoms with Gasteiger partial charge in [0.25, 0.3) is 0 Å². The predicted octanol–water partition coefficient (Wildman–Crippen LogP) is 2.24. The monoisotopic (exact) mass is 318 g/mol. The van der Waals surface area contributed by atoms with Gasteiger partial charge in [-0.05, 0) is 44.4 Å². The predicted molar refractivity (Wildman–Crippen MR) is 92.2 cm³/mol. The smallest absolute Gasteiger partial charge is 0.194 e. The number of aliphatic imine (C=N–C) groups is 1. The lowest BCUT2D eigenvalue weighted by atomic mass is 9.82. The number of hydrogen-bond acceptors (Lipinski definition) is 3. The third-order valence-electron chi connectivity index (χ3n) is 5.70. The number of nitrogens with zero attached hydrogens (tertiary/aromatic N) is 5. The van der Waals surface area contributed by atoms with Crippen LogP contribution in [-0.2, 0) is 13.6 Å². The number of guanidine groups is 1. The number of hydrogen-bond donors (Lipinski definition) is 1. The van der Waals surface area contributed by atoms with Crippen LogP contribution in [0.1, 0.15) is 57.6 Å². The average molecular weight is 318 g/mol. The van der Waals surface area contributed by atoms with E-state index in [4.69, 9.17) is 4.99 Å². The summed E-state index contributed by atoms with van der Waals surface area (Å²) in [6, 6.07) is 0.619. The van der Waals surface area contributed by atoms with Crippen molar-refractivity contribution in [3.63, 3.8) is 0 Å². The molecule has 0 radical (unpaired) electrons. The molecule has 2 heterocycles. The molecular formula is C17H30N6. The zero-order valence-corrected chi connectivity index (χ0v) is 15.0. The van der Waals surface area contributed by atoms with Crippen molar-refractivity contribution >= 4 is 5.96 Å². The molecule has 128 valence electrons. The summed E-state index contributed by atoms with van der Waals surface area (Å²) in [6.45, 7) is 9.43. The van der Waals surface area contributed by atoms with Crippen LogP contribution in [0.4, 0.5) is 0 Å². The van der Waals surface area contributed by atoms with E-state index in [0.29, 0.717) is 18.0 Å². The normalized spacial score (nSPS) is 21.0. The van der Waals surface area contributed by atoms with Crippen molar-refractivity contribution in [2.75, 3.05) is 13.1 Å². The van der Waals surface area contributed by atoms with Crippen LogP contribution < -0.4 is 5.32 Å². The second-order valence-electron chi connectivity index (χ2n) is 7.16. The van der Waals surface area contributed by atoms with Crippen LogP contribution in [0, 0.1) is 12.3 Å². The Morgan fingerprint density at radius 1 is 1.30 bits per heavy atom. The highest BCUT2D eigenvalue weighted by Gasteiger charge is 2.37. The molecule has 1 aliphatic heterocycles. The summed E-state index contributed by atoms with van der Waals surface area (Å²) >= 11 is 0. The Morgan fingerprint density at radius 3 is 2.57 bits per heavy atom. The Kier molecular flexibility index (Phi) is 4.60. The first-order valence-corrected chi connectivity index (χ1v) is 8.97. The molecule has 1 aliphatic carbocycles. The Bertz CT molecular complexity index is 568. The summed E-state index contributed by atoms with van der Waals surface area (Å²) in [5.41, 5.74) is 0.466. The largest absolute Gasteiger partial charge is 0.353 e. The first-order chi connectivity index (χ1) is 11.1. The fourth-order valence-corrected chi connectivity index (χ4v) is 3.32. The fourth-order valence-electron chi connectivity index (χ4n) is 3.32. The van der Waals surface area contributed by atoms with Crippen molar-refractivity contribution in [1.82, 2.24) is 25.0 Å². The molecule has 1 aromatic heterocycles. The summed E-state index contributed by atoms with van der Waals surface area (Å²) in [5, 5.41) is 12.0. The van der Waals surface area contributed by atoms with E-state index in [9.17, 15) is 0 Å². The second-order valence-corrected chi connectivity index (χ2v) is 7.16. The van der Waals surface area contributed by atoms with Gasteiger partial charge in [-0.2, -0.15) is 0 Å². The summed E-state index contributed by atoms with van der Waals surface area (Å²) in [5.74, 6) is 2.93. The van der Waals surface area contributed by atoms with Crippen molar-refractivity contribution < 1.29 is 0 Å². The molecule has 0 aromatic carbocycles. The molecule has 6 nitrogen and oxygen atoms in total. The maximum absolute atomic E-state index is 4.87. The van der Waals surface area contributed by atoms with Gasteiger partial charge in [0.15, 0.2) is 11.8 Å². The molecule has 0 bridgehead atoms.